The first-order valence-electron chi connectivity index (χ1n) is 7.10. The molecule has 3 N–H and O–H groups in total. The molecule has 0 heterocycles. The van der Waals surface area contributed by atoms with E-state index in [9.17, 15) is 14.4 Å². The summed E-state index contributed by atoms with van der Waals surface area (Å²) in [7, 11) is 0. The molecule has 0 aliphatic carbocycles. The number of urea groups is 1. The average molecular weight is 286 g/mol. The predicted molar refractivity (Wildman–Crippen MR) is 77.2 cm³/mol. The molecule has 0 saturated carbocycles. The number of nitrogens with zero attached hydrogens (tertiary/aromatic N) is 1. The Bertz CT molecular complexity index is 321. The summed E-state index contributed by atoms with van der Waals surface area (Å²) in [5.41, 5.74) is 0. The molecule has 7 nitrogen and oxygen atoms in total. The molecule has 0 bridgehead atoms. The molecule has 0 aromatic heterocycles. The summed E-state index contributed by atoms with van der Waals surface area (Å²) in [5.74, 6) is -0.542. The number of hydrogen-bond donors (Lipinski definition) is 3. The standard InChI is InChI=1S/C13H26N4O3/c1-4-7-8-15-13(20)16-12(19)10-17(6-3)9-11(18)14-5-2/h4-10H2,1-3H3,(H,14,18)(H2,15,16,19,20). The van der Waals surface area contributed by atoms with Gasteiger partial charge in [0, 0.05) is 13.1 Å². The summed E-state index contributed by atoms with van der Waals surface area (Å²) in [6, 6.07) is -0.488. The van der Waals surface area contributed by atoms with E-state index >= 15 is 0 Å². The fourth-order valence-electron chi connectivity index (χ4n) is 1.53. The van der Waals surface area contributed by atoms with Gasteiger partial charge in [-0.1, -0.05) is 20.3 Å². The van der Waals surface area contributed by atoms with Gasteiger partial charge in [0.2, 0.25) is 11.8 Å². The zero-order valence-electron chi connectivity index (χ0n) is 12.6. The SMILES string of the molecule is CCCCNC(=O)NC(=O)CN(CC)CC(=O)NCC. The van der Waals surface area contributed by atoms with E-state index < -0.39 is 11.9 Å². The van der Waals surface area contributed by atoms with Crippen molar-refractivity contribution in [3.63, 3.8) is 0 Å². The van der Waals surface area contributed by atoms with Crippen molar-refractivity contribution in [1.29, 1.82) is 0 Å². The van der Waals surface area contributed by atoms with Gasteiger partial charge in [-0.2, -0.15) is 0 Å². The van der Waals surface area contributed by atoms with E-state index in [0.717, 1.165) is 12.8 Å². The highest BCUT2D eigenvalue weighted by atomic mass is 16.2. The van der Waals surface area contributed by atoms with E-state index in [0.29, 0.717) is 19.6 Å². The monoisotopic (exact) mass is 286 g/mol. The number of amides is 4. The molecule has 0 aromatic carbocycles. The Morgan fingerprint density at radius 1 is 0.950 bits per heavy atom. The van der Waals surface area contributed by atoms with Gasteiger partial charge in [0.1, 0.15) is 0 Å². The molecule has 116 valence electrons. The maximum absolute atomic E-state index is 11.6. The van der Waals surface area contributed by atoms with Crippen LogP contribution in [0, 0.1) is 0 Å². The second-order valence-electron chi connectivity index (χ2n) is 4.41. The van der Waals surface area contributed by atoms with Gasteiger partial charge in [-0.25, -0.2) is 4.79 Å². The zero-order chi connectivity index (χ0) is 15.4. The summed E-state index contributed by atoms with van der Waals surface area (Å²) in [5, 5.41) is 7.51. The maximum atomic E-state index is 11.6. The first-order valence-corrected chi connectivity index (χ1v) is 7.10. The smallest absolute Gasteiger partial charge is 0.321 e. The third-order valence-electron chi connectivity index (χ3n) is 2.62. The van der Waals surface area contributed by atoms with Crippen LogP contribution in [0.25, 0.3) is 0 Å². The lowest BCUT2D eigenvalue weighted by Gasteiger charge is -2.18. The summed E-state index contributed by atoms with van der Waals surface area (Å²) in [6.07, 6.45) is 1.85. The number of likely N-dealkylation sites (N-methyl/N-ethyl adjacent to an activating group) is 2. The van der Waals surface area contributed by atoms with Crippen molar-refractivity contribution in [3.8, 4) is 0 Å². The highest BCUT2D eigenvalue weighted by Crippen LogP contribution is 1.88. The Morgan fingerprint density at radius 3 is 2.15 bits per heavy atom. The highest BCUT2D eigenvalue weighted by Gasteiger charge is 2.14. The Balaban J connectivity index is 4.02. The number of hydrogen-bond acceptors (Lipinski definition) is 4. The first-order chi connectivity index (χ1) is 9.53. The van der Waals surface area contributed by atoms with Gasteiger partial charge < -0.3 is 10.6 Å². The van der Waals surface area contributed by atoms with Crippen molar-refractivity contribution in [2.45, 2.75) is 33.6 Å². The quantitative estimate of drug-likeness (QED) is 0.523. The van der Waals surface area contributed by atoms with Gasteiger partial charge in [-0.05, 0) is 19.9 Å². The van der Waals surface area contributed by atoms with Crippen LogP contribution in [-0.2, 0) is 9.59 Å². The van der Waals surface area contributed by atoms with Crippen molar-refractivity contribution >= 4 is 17.8 Å². The lowest BCUT2D eigenvalue weighted by Crippen LogP contribution is -2.46. The summed E-state index contributed by atoms with van der Waals surface area (Å²) in [6.45, 7) is 7.54. The normalized spacial score (nSPS) is 10.2. The van der Waals surface area contributed by atoms with E-state index in [4.69, 9.17) is 0 Å². The summed E-state index contributed by atoms with van der Waals surface area (Å²) < 4.78 is 0. The van der Waals surface area contributed by atoms with Crippen molar-refractivity contribution in [3.05, 3.63) is 0 Å². The largest absolute Gasteiger partial charge is 0.355 e. The number of carbonyl (C=O) groups is 3. The van der Waals surface area contributed by atoms with Crippen molar-refractivity contribution in [1.82, 2.24) is 20.9 Å². The van der Waals surface area contributed by atoms with Crippen molar-refractivity contribution in [2.24, 2.45) is 0 Å². The molecule has 0 radical (unpaired) electrons. The zero-order valence-corrected chi connectivity index (χ0v) is 12.6. The van der Waals surface area contributed by atoms with Crippen LogP contribution in [0.4, 0.5) is 4.79 Å². The van der Waals surface area contributed by atoms with Crippen LogP contribution in [-0.4, -0.2) is 55.5 Å². The molecule has 0 rings (SSSR count). The lowest BCUT2D eigenvalue weighted by atomic mass is 10.3. The number of carbonyl (C=O) groups excluding carboxylic acids is 3. The van der Waals surface area contributed by atoms with Crippen LogP contribution in [0.5, 0.6) is 0 Å². The molecule has 7 heteroatoms. The molecule has 0 atom stereocenters. The van der Waals surface area contributed by atoms with Crippen LogP contribution in [0.15, 0.2) is 0 Å². The van der Waals surface area contributed by atoms with E-state index in [-0.39, 0.29) is 19.0 Å². The molecule has 0 aliphatic rings. The number of unbranched alkanes of at least 4 members (excludes halogenated alkanes) is 1. The third kappa shape index (κ3) is 9.32. The molecular formula is C13H26N4O3. The maximum Gasteiger partial charge on any atom is 0.321 e. The first kappa shape index (κ1) is 18.4. The van der Waals surface area contributed by atoms with Gasteiger partial charge in [0.25, 0.3) is 0 Å². The van der Waals surface area contributed by atoms with Gasteiger partial charge >= 0.3 is 6.03 Å². The van der Waals surface area contributed by atoms with Gasteiger partial charge in [0.15, 0.2) is 0 Å². The Hall–Kier alpha value is -1.63. The summed E-state index contributed by atoms with van der Waals surface area (Å²) >= 11 is 0. The van der Waals surface area contributed by atoms with Crippen molar-refractivity contribution in [2.75, 3.05) is 32.7 Å². The molecule has 0 aliphatic heterocycles. The van der Waals surface area contributed by atoms with E-state index in [1.54, 1.807) is 4.90 Å². The Labute approximate surface area is 120 Å². The Morgan fingerprint density at radius 2 is 1.60 bits per heavy atom. The topological polar surface area (TPSA) is 90.5 Å². The third-order valence-corrected chi connectivity index (χ3v) is 2.62. The molecule has 0 unspecified atom stereocenters. The molecule has 0 aromatic rings. The van der Waals surface area contributed by atoms with Crippen LogP contribution >= 0.6 is 0 Å². The second kappa shape index (κ2) is 11.2. The predicted octanol–water partition coefficient (Wildman–Crippen LogP) is 0.0703. The van der Waals surface area contributed by atoms with Crippen LogP contribution in [0.2, 0.25) is 0 Å². The molecule has 0 spiro atoms. The van der Waals surface area contributed by atoms with Crippen LogP contribution in [0.1, 0.15) is 33.6 Å². The van der Waals surface area contributed by atoms with Gasteiger partial charge in [-0.15, -0.1) is 0 Å². The number of imide groups is 1. The molecule has 0 saturated heterocycles. The lowest BCUT2D eigenvalue weighted by molar-refractivity contribution is -0.124. The Kier molecular flexibility index (Phi) is 10.3. The minimum Gasteiger partial charge on any atom is -0.355 e. The fraction of sp³-hybridized carbons (Fsp3) is 0.769. The molecule has 4 amide bonds. The minimum atomic E-state index is -0.488. The fourth-order valence-corrected chi connectivity index (χ4v) is 1.53. The summed E-state index contributed by atoms with van der Waals surface area (Å²) in [4.78, 5) is 36.1. The second-order valence-corrected chi connectivity index (χ2v) is 4.41. The van der Waals surface area contributed by atoms with Crippen LogP contribution < -0.4 is 16.0 Å². The number of rotatable bonds is 9. The molecular weight excluding hydrogens is 260 g/mol. The van der Waals surface area contributed by atoms with Gasteiger partial charge in [0.05, 0.1) is 13.1 Å². The van der Waals surface area contributed by atoms with Crippen LogP contribution in [0.3, 0.4) is 0 Å². The molecule has 20 heavy (non-hydrogen) atoms. The number of nitrogens with one attached hydrogen (secondary N) is 3. The van der Waals surface area contributed by atoms with Crippen molar-refractivity contribution < 1.29 is 14.4 Å². The molecule has 0 fully saturated rings. The van der Waals surface area contributed by atoms with E-state index in [1.807, 2.05) is 20.8 Å². The van der Waals surface area contributed by atoms with E-state index in [1.165, 1.54) is 0 Å². The van der Waals surface area contributed by atoms with E-state index in [2.05, 4.69) is 16.0 Å². The average Bonchev–Trinajstić information content (AvgIpc) is 2.38. The minimum absolute atomic E-state index is 0.0227. The van der Waals surface area contributed by atoms with Gasteiger partial charge in [-0.3, -0.25) is 19.8 Å². The highest BCUT2D eigenvalue weighted by molar-refractivity contribution is 5.95.